The minimum absolute atomic E-state index is 0.0576. The Morgan fingerprint density at radius 3 is 2.52 bits per heavy atom. The molecule has 2 amide bonds. The Labute approximate surface area is 149 Å². The van der Waals surface area contributed by atoms with E-state index >= 15 is 0 Å². The van der Waals surface area contributed by atoms with Gasteiger partial charge in [-0.2, -0.15) is 0 Å². The normalized spacial score (nSPS) is 21.1. The van der Waals surface area contributed by atoms with E-state index in [0.717, 1.165) is 0 Å². The second-order valence-electron chi connectivity index (χ2n) is 7.27. The number of carbonyl (C=O) groups excluding carboxylic acids is 1. The van der Waals surface area contributed by atoms with Crippen LogP contribution in [0.5, 0.6) is 0 Å². The highest BCUT2D eigenvalue weighted by molar-refractivity contribution is 5.89. The van der Waals surface area contributed by atoms with Crippen LogP contribution in [-0.4, -0.2) is 50.5 Å². The summed E-state index contributed by atoms with van der Waals surface area (Å²) in [7, 11) is 1.83. The Balaban J connectivity index is 1.98. The lowest BCUT2D eigenvalue weighted by atomic mass is 10.1. The molecule has 0 radical (unpaired) electrons. The van der Waals surface area contributed by atoms with Crippen LogP contribution in [0.1, 0.15) is 27.7 Å². The van der Waals surface area contributed by atoms with Crippen molar-refractivity contribution >= 4 is 17.4 Å². The van der Waals surface area contributed by atoms with Gasteiger partial charge < -0.3 is 25.6 Å². The average molecular weight is 352 g/mol. The van der Waals surface area contributed by atoms with E-state index in [1.807, 2.05) is 39.6 Å². The molecule has 25 heavy (non-hydrogen) atoms. The summed E-state index contributed by atoms with van der Waals surface area (Å²) in [6.07, 6.45) is 0.115. The van der Waals surface area contributed by atoms with Crippen LogP contribution in [0.3, 0.4) is 0 Å². The molecular weight excluding hydrogens is 323 g/mol. The van der Waals surface area contributed by atoms with Crippen molar-refractivity contribution in [2.45, 2.75) is 45.4 Å². The maximum atomic E-state index is 14.5. The van der Waals surface area contributed by atoms with Crippen molar-refractivity contribution < 1.29 is 13.9 Å². The number of nitrogens with zero attached hydrogens (tertiary/aromatic N) is 1. The van der Waals surface area contributed by atoms with E-state index in [1.165, 1.54) is 6.07 Å². The second-order valence-corrected chi connectivity index (χ2v) is 7.27. The second kappa shape index (κ2) is 8.01. The Hall–Kier alpha value is -1.86. The molecule has 7 heteroatoms. The molecule has 2 unspecified atom stereocenters. The quantitative estimate of drug-likeness (QED) is 0.762. The van der Waals surface area contributed by atoms with Gasteiger partial charge in [-0.05, 0) is 52.9 Å². The number of carbonyl (C=O) groups is 1. The number of hydrogen-bond donors (Lipinski definition) is 3. The van der Waals surface area contributed by atoms with Gasteiger partial charge in [-0.1, -0.05) is 0 Å². The molecule has 0 aliphatic carbocycles. The van der Waals surface area contributed by atoms with E-state index < -0.39 is 0 Å². The van der Waals surface area contributed by atoms with Gasteiger partial charge in [-0.25, -0.2) is 9.18 Å². The smallest absolute Gasteiger partial charge is 0.319 e. The Morgan fingerprint density at radius 1 is 1.32 bits per heavy atom. The third-order valence-corrected chi connectivity index (χ3v) is 4.33. The largest absolute Gasteiger partial charge is 0.372 e. The van der Waals surface area contributed by atoms with Crippen molar-refractivity contribution in [2.75, 3.05) is 36.9 Å². The zero-order chi connectivity index (χ0) is 18.6. The molecule has 0 aromatic heterocycles. The molecule has 0 bridgehead atoms. The minimum atomic E-state index is -0.357. The topological polar surface area (TPSA) is 65.6 Å². The number of amides is 2. The summed E-state index contributed by atoms with van der Waals surface area (Å²) in [4.78, 5) is 13.9. The van der Waals surface area contributed by atoms with Gasteiger partial charge in [0.1, 0.15) is 5.82 Å². The van der Waals surface area contributed by atoms with Gasteiger partial charge in [0.05, 0.1) is 17.9 Å². The SMILES string of the molecule is CNC(C)(C)CNC(=O)Nc1ccc(N2CC(C)OC(C)C2)c(F)c1. The lowest BCUT2D eigenvalue weighted by Gasteiger charge is -2.37. The molecule has 1 aliphatic rings. The van der Waals surface area contributed by atoms with Crippen molar-refractivity contribution in [1.29, 1.82) is 0 Å². The molecule has 2 atom stereocenters. The fourth-order valence-corrected chi connectivity index (χ4v) is 2.78. The lowest BCUT2D eigenvalue weighted by molar-refractivity contribution is -0.00539. The van der Waals surface area contributed by atoms with Gasteiger partial charge in [-0.15, -0.1) is 0 Å². The number of urea groups is 1. The van der Waals surface area contributed by atoms with Crippen molar-refractivity contribution in [1.82, 2.24) is 10.6 Å². The van der Waals surface area contributed by atoms with Crippen molar-refractivity contribution in [3.8, 4) is 0 Å². The molecular formula is C18H29FN4O2. The van der Waals surface area contributed by atoms with Crippen LogP contribution in [0.25, 0.3) is 0 Å². The van der Waals surface area contributed by atoms with Crippen molar-refractivity contribution in [3.05, 3.63) is 24.0 Å². The first-order chi connectivity index (χ1) is 11.7. The standard InChI is InChI=1S/C18H29FN4O2/c1-12-9-23(10-13(2)25-12)16-7-6-14(8-15(16)19)22-17(24)21-11-18(3,4)20-5/h6-8,12-13,20H,9-11H2,1-5H3,(H2,21,22,24). The summed E-state index contributed by atoms with van der Waals surface area (Å²) < 4.78 is 20.2. The highest BCUT2D eigenvalue weighted by atomic mass is 19.1. The molecule has 3 N–H and O–H groups in total. The van der Waals surface area contributed by atoms with Gasteiger partial charge >= 0.3 is 6.03 Å². The predicted octanol–water partition coefficient (Wildman–Crippen LogP) is 2.56. The van der Waals surface area contributed by atoms with Crippen LogP contribution in [-0.2, 0) is 4.74 Å². The highest BCUT2D eigenvalue weighted by Gasteiger charge is 2.24. The molecule has 0 saturated carbocycles. The number of rotatable bonds is 5. The average Bonchev–Trinajstić information content (AvgIpc) is 2.52. The van der Waals surface area contributed by atoms with E-state index in [2.05, 4.69) is 16.0 Å². The van der Waals surface area contributed by atoms with Crippen molar-refractivity contribution in [3.63, 3.8) is 0 Å². The molecule has 140 valence electrons. The number of morpholine rings is 1. The van der Waals surface area contributed by atoms with E-state index in [-0.39, 0.29) is 29.6 Å². The number of anilines is 2. The molecule has 1 aromatic carbocycles. The number of benzene rings is 1. The Bertz CT molecular complexity index is 599. The Morgan fingerprint density at radius 2 is 1.96 bits per heavy atom. The summed E-state index contributed by atoms with van der Waals surface area (Å²) in [5.41, 5.74) is 0.746. The van der Waals surface area contributed by atoms with E-state index in [0.29, 0.717) is 31.0 Å². The summed E-state index contributed by atoms with van der Waals surface area (Å²) in [6.45, 7) is 9.67. The van der Waals surface area contributed by atoms with Crippen LogP contribution in [0.15, 0.2) is 18.2 Å². The molecule has 1 saturated heterocycles. The monoisotopic (exact) mass is 352 g/mol. The zero-order valence-corrected chi connectivity index (χ0v) is 15.6. The minimum Gasteiger partial charge on any atom is -0.372 e. The number of likely N-dealkylation sites (N-methyl/N-ethyl adjacent to an activating group) is 1. The molecule has 1 heterocycles. The summed E-state index contributed by atoms with van der Waals surface area (Å²) in [5, 5.41) is 8.54. The van der Waals surface area contributed by atoms with Gasteiger partial charge in [0.25, 0.3) is 0 Å². The molecule has 1 aliphatic heterocycles. The van der Waals surface area contributed by atoms with Gasteiger partial charge in [0, 0.05) is 30.9 Å². The number of hydrogen-bond acceptors (Lipinski definition) is 4. The first-order valence-corrected chi connectivity index (χ1v) is 8.64. The predicted molar refractivity (Wildman–Crippen MR) is 98.8 cm³/mol. The number of ether oxygens (including phenoxy) is 1. The fraction of sp³-hybridized carbons (Fsp3) is 0.611. The first-order valence-electron chi connectivity index (χ1n) is 8.64. The molecule has 1 aromatic rings. The van der Waals surface area contributed by atoms with Gasteiger partial charge in [0.15, 0.2) is 0 Å². The van der Waals surface area contributed by atoms with Gasteiger partial charge in [0.2, 0.25) is 0 Å². The molecule has 1 fully saturated rings. The van der Waals surface area contributed by atoms with Crippen molar-refractivity contribution in [2.24, 2.45) is 0 Å². The van der Waals surface area contributed by atoms with Crippen LogP contribution in [0.2, 0.25) is 0 Å². The van der Waals surface area contributed by atoms with Crippen LogP contribution in [0.4, 0.5) is 20.6 Å². The van der Waals surface area contributed by atoms with E-state index in [4.69, 9.17) is 4.74 Å². The third-order valence-electron chi connectivity index (χ3n) is 4.33. The summed E-state index contributed by atoms with van der Waals surface area (Å²) >= 11 is 0. The summed E-state index contributed by atoms with van der Waals surface area (Å²) in [6, 6.07) is 4.41. The maximum Gasteiger partial charge on any atom is 0.319 e. The molecule has 6 nitrogen and oxygen atoms in total. The number of nitrogens with one attached hydrogen (secondary N) is 3. The van der Waals surface area contributed by atoms with E-state index in [9.17, 15) is 9.18 Å². The van der Waals surface area contributed by atoms with Gasteiger partial charge in [-0.3, -0.25) is 0 Å². The third kappa shape index (κ3) is 5.57. The Kier molecular flexibility index (Phi) is 6.24. The fourth-order valence-electron chi connectivity index (χ4n) is 2.78. The lowest BCUT2D eigenvalue weighted by Crippen LogP contribution is -2.48. The molecule has 0 spiro atoms. The zero-order valence-electron chi connectivity index (χ0n) is 15.6. The van der Waals surface area contributed by atoms with Crippen LogP contribution in [0, 0.1) is 5.82 Å². The number of halogens is 1. The maximum absolute atomic E-state index is 14.5. The van der Waals surface area contributed by atoms with Crippen LogP contribution >= 0.6 is 0 Å². The first kappa shape index (κ1) is 19.5. The highest BCUT2D eigenvalue weighted by Crippen LogP contribution is 2.26. The molecule has 2 rings (SSSR count). The van der Waals surface area contributed by atoms with E-state index in [1.54, 1.807) is 12.1 Å². The summed E-state index contributed by atoms with van der Waals surface area (Å²) in [5.74, 6) is -0.352. The van der Waals surface area contributed by atoms with Crippen LogP contribution < -0.4 is 20.9 Å².